The van der Waals surface area contributed by atoms with E-state index in [0.717, 1.165) is 10.8 Å². The molecule has 1 atom stereocenters. The Morgan fingerprint density at radius 2 is 1.48 bits per heavy atom. The molecule has 1 aliphatic heterocycles. The van der Waals surface area contributed by atoms with Crippen molar-refractivity contribution < 1.29 is 24.2 Å². The smallest absolute Gasteiger partial charge is 0.410 e. The summed E-state index contributed by atoms with van der Waals surface area (Å²) in [6.45, 7) is 8.45. The minimum atomic E-state index is -1.36. The molecule has 31 heavy (non-hydrogen) atoms. The highest BCUT2D eigenvalue weighted by Gasteiger charge is 2.40. The molecule has 0 aromatic heterocycles. The van der Waals surface area contributed by atoms with Gasteiger partial charge in [-0.1, -0.05) is 42.5 Å². The standard InChI is InChI=1S/C24H30N2O5/c1-23(2,3)31-22(30)26-14-12-25(13-15-26)20(27)16-24(4,21(28)29)19-11-7-9-17-8-5-6-10-18(17)19/h5-11H,12-16H2,1-4H3,(H,28,29). The molecule has 7 nitrogen and oxygen atoms in total. The normalized spacial score (nSPS) is 16.6. The van der Waals surface area contributed by atoms with Gasteiger partial charge in [-0.15, -0.1) is 0 Å². The zero-order chi connectivity index (χ0) is 22.8. The molecule has 1 aliphatic rings. The lowest BCUT2D eigenvalue weighted by Crippen LogP contribution is -2.52. The van der Waals surface area contributed by atoms with Crippen LogP contribution in [0.15, 0.2) is 42.5 Å². The number of carbonyl (C=O) groups is 3. The zero-order valence-corrected chi connectivity index (χ0v) is 18.6. The Balaban J connectivity index is 1.74. The summed E-state index contributed by atoms with van der Waals surface area (Å²) in [7, 11) is 0. The van der Waals surface area contributed by atoms with Crippen LogP contribution in [0.4, 0.5) is 4.79 Å². The number of carboxylic acid groups (broad SMARTS) is 1. The molecule has 1 unspecified atom stereocenters. The monoisotopic (exact) mass is 426 g/mol. The highest BCUT2D eigenvalue weighted by Crippen LogP contribution is 2.34. The predicted molar refractivity (Wildman–Crippen MR) is 118 cm³/mol. The van der Waals surface area contributed by atoms with Gasteiger partial charge in [0.25, 0.3) is 0 Å². The summed E-state index contributed by atoms with van der Waals surface area (Å²) in [5.41, 5.74) is -1.31. The number of hydrogen-bond donors (Lipinski definition) is 1. The average Bonchev–Trinajstić information content (AvgIpc) is 2.72. The van der Waals surface area contributed by atoms with E-state index in [9.17, 15) is 19.5 Å². The number of hydrogen-bond acceptors (Lipinski definition) is 4. The second kappa shape index (κ2) is 8.57. The number of aliphatic carboxylic acids is 1. The van der Waals surface area contributed by atoms with Crippen LogP contribution < -0.4 is 0 Å². The van der Waals surface area contributed by atoms with Gasteiger partial charge in [-0.05, 0) is 44.0 Å². The fraction of sp³-hybridized carbons (Fsp3) is 0.458. The average molecular weight is 427 g/mol. The minimum Gasteiger partial charge on any atom is -0.481 e. The molecule has 0 aliphatic carbocycles. The third-order valence-electron chi connectivity index (χ3n) is 5.64. The number of fused-ring (bicyclic) bond motifs is 1. The van der Waals surface area contributed by atoms with Gasteiger partial charge in [-0.2, -0.15) is 0 Å². The molecule has 0 spiro atoms. The van der Waals surface area contributed by atoms with Crippen LogP contribution in [0.25, 0.3) is 10.8 Å². The first-order valence-electron chi connectivity index (χ1n) is 10.5. The lowest BCUT2D eigenvalue weighted by molar-refractivity contribution is -0.148. The predicted octanol–water partition coefficient (Wildman–Crippen LogP) is 3.65. The number of carbonyl (C=O) groups excluding carboxylic acids is 2. The van der Waals surface area contributed by atoms with Gasteiger partial charge in [0.15, 0.2) is 0 Å². The van der Waals surface area contributed by atoms with Gasteiger partial charge in [-0.25, -0.2) is 4.79 Å². The van der Waals surface area contributed by atoms with Crippen molar-refractivity contribution in [1.29, 1.82) is 0 Å². The zero-order valence-electron chi connectivity index (χ0n) is 18.6. The number of benzene rings is 2. The van der Waals surface area contributed by atoms with Crippen molar-refractivity contribution in [3.63, 3.8) is 0 Å². The SMILES string of the molecule is CC(C)(C)OC(=O)N1CCN(C(=O)CC(C)(C(=O)O)c2cccc3ccccc23)CC1. The molecule has 0 bridgehead atoms. The topological polar surface area (TPSA) is 87.2 Å². The highest BCUT2D eigenvalue weighted by molar-refractivity contribution is 5.96. The van der Waals surface area contributed by atoms with E-state index >= 15 is 0 Å². The maximum absolute atomic E-state index is 13.1. The molecule has 3 rings (SSSR count). The largest absolute Gasteiger partial charge is 0.481 e. The highest BCUT2D eigenvalue weighted by atomic mass is 16.6. The summed E-state index contributed by atoms with van der Waals surface area (Å²) < 4.78 is 5.39. The van der Waals surface area contributed by atoms with Gasteiger partial charge in [0, 0.05) is 32.6 Å². The summed E-state index contributed by atoms with van der Waals surface area (Å²) in [6.07, 6.45) is -0.547. The Labute approximate surface area is 182 Å². The molecule has 2 aromatic rings. The molecule has 0 saturated carbocycles. The molecule has 2 amide bonds. The Kier molecular flexibility index (Phi) is 6.25. The van der Waals surface area contributed by atoms with Crippen LogP contribution in [0.5, 0.6) is 0 Å². The van der Waals surface area contributed by atoms with E-state index < -0.39 is 23.1 Å². The number of piperazine rings is 1. The summed E-state index contributed by atoms with van der Waals surface area (Å²) >= 11 is 0. The van der Waals surface area contributed by atoms with E-state index in [1.165, 1.54) is 0 Å². The molecule has 1 N–H and O–H groups in total. The molecule has 2 aromatic carbocycles. The first kappa shape index (κ1) is 22.6. The van der Waals surface area contributed by atoms with Crippen molar-refractivity contribution in [2.24, 2.45) is 0 Å². The Morgan fingerprint density at radius 3 is 2.10 bits per heavy atom. The lowest BCUT2D eigenvalue weighted by atomic mass is 9.77. The van der Waals surface area contributed by atoms with Crippen LogP contribution in [0, 0.1) is 0 Å². The van der Waals surface area contributed by atoms with E-state index in [4.69, 9.17) is 4.74 Å². The van der Waals surface area contributed by atoms with Crippen molar-refractivity contribution in [2.75, 3.05) is 26.2 Å². The summed E-state index contributed by atoms with van der Waals surface area (Å²) in [6, 6.07) is 13.1. The molecule has 1 heterocycles. The van der Waals surface area contributed by atoms with Crippen LogP contribution >= 0.6 is 0 Å². The van der Waals surface area contributed by atoms with Gasteiger partial charge in [0.05, 0.1) is 5.41 Å². The molecule has 166 valence electrons. The number of carboxylic acids is 1. The third-order valence-corrected chi connectivity index (χ3v) is 5.64. The minimum absolute atomic E-state index is 0.150. The van der Waals surface area contributed by atoms with Gasteiger partial charge in [-0.3, -0.25) is 9.59 Å². The Hall–Kier alpha value is -3.09. The van der Waals surface area contributed by atoms with E-state index in [0.29, 0.717) is 31.7 Å². The quantitative estimate of drug-likeness (QED) is 0.806. The third kappa shape index (κ3) is 4.98. The fourth-order valence-electron chi connectivity index (χ4n) is 3.87. The van der Waals surface area contributed by atoms with Crippen LogP contribution in [0.1, 0.15) is 39.7 Å². The van der Waals surface area contributed by atoms with Gasteiger partial charge >= 0.3 is 12.1 Å². The van der Waals surface area contributed by atoms with Crippen molar-refractivity contribution in [1.82, 2.24) is 9.80 Å². The number of amides is 2. The molecule has 1 fully saturated rings. The van der Waals surface area contributed by atoms with Gasteiger partial charge < -0.3 is 19.6 Å². The molecular weight excluding hydrogens is 396 g/mol. The number of nitrogens with zero attached hydrogens (tertiary/aromatic N) is 2. The fourth-order valence-corrected chi connectivity index (χ4v) is 3.87. The van der Waals surface area contributed by atoms with Crippen molar-refractivity contribution in [3.8, 4) is 0 Å². The maximum atomic E-state index is 13.1. The van der Waals surface area contributed by atoms with E-state index in [1.54, 1.807) is 22.8 Å². The first-order valence-corrected chi connectivity index (χ1v) is 10.5. The van der Waals surface area contributed by atoms with E-state index in [2.05, 4.69) is 0 Å². The summed E-state index contributed by atoms with van der Waals surface area (Å²) in [4.78, 5) is 40.8. The maximum Gasteiger partial charge on any atom is 0.410 e. The Morgan fingerprint density at radius 1 is 0.903 bits per heavy atom. The first-order chi connectivity index (χ1) is 14.5. The van der Waals surface area contributed by atoms with Crippen LogP contribution in [-0.2, 0) is 19.7 Å². The van der Waals surface area contributed by atoms with E-state index in [-0.39, 0.29) is 12.3 Å². The molecule has 7 heteroatoms. The van der Waals surface area contributed by atoms with Crippen molar-refractivity contribution >= 4 is 28.7 Å². The summed E-state index contributed by atoms with van der Waals surface area (Å²) in [5, 5.41) is 11.8. The van der Waals surface area contributed by atoms with Crippen LogP contribution in [0.3, 0.4) is 0 Å². The molecule has 0 radical (unpaired) electrons. The van der Waals surface area contributed by atoms with Crippen LogP contribution in [-0.4, -0.2) is 64.7 Å². The number of ether oxygens (including phenoxy) is 1. The summed E-state index contributed by atoms with van der Waals surface area (Å²) in [5.74, 6) is -1.27. The van der Waals surface area contributed by atoms with E-state index in [1.807, 2.05) is 57.2 Å². The number of rotatable bonds is 4. The van der Waals surface area contributed by atoms with Crippen LogP contribution in [0.2, 0.25) is 0 Å². The Bertz CT molecular complexity index is 984. The molecular formula is C24H30N2O5. The van der Waals surface area contributed by atoms with Crippen molar-refractivity contribution in [3.05, 3.63) is 48.0 Å². The molecule has 1 saturated heterocycles. The second-order valence-corrected chi connectivity index (χ2v) is 9.19. The van der Waals surface area contributed by atoms with Gasteiger partial charge in [0.2, 0.25) is 5.91 Å². The lowest BCUT2D eigenvalue weighted by Gasteiger charge is -2.37. The second-order valence-electron chi connectivity index (χ2n) is 9.19. The van der Waals surface area contributed by atoms with Gasteiger partial charge in [0.1, 0.15) is 5.60 Å². The van der Waals surface area contributed by atoms with Crippen molar-refractivity contribution in [2.45, 2.75) is 45.1 Å².